The standard InChI is InChI=1S/C25H52N6O/c1-22(2)10-6-5-7-11-23(32)31-25-13-9-4-3-8-12-24(26,18-27-14-16-29-20-25)19-28-15-17-30-21-25/h22,27-30H,3-21,26H2,1-2H3,(H,31,32). The van der Waals surface area contributed by atoms with Crippen LogP contribution in [0.15, 0.2) is 0 Å². The third-order valence-electron chi connectivity index (χ3n) is 7.01. The van der Waals surface area contributed by atoms with Gasteiger partial charge in [-0.2, -0.15) is 0 Å². The summed E-state index contributed by atoms with van der Waals surface area (Å²) >= 11 is 0. The molecule has 0 saturated carbocycles. The highest BCUT2D eigenvalue weighted by Gasteiger charge is 2.31. The van der Waals surface area contributed by atoms with Crippen molar-refractivity contribution in [2.75, 3.05) is 52.4 Å². The number of rotatable bonds is 7. The van der Waals surface area contributed by atoms with E-state index in [1.807, 2.05) is 0 Å². The lowest BCUT2D eigenvalue weighted by atomic mass is 9.88. The van der Waals surface area contributed by atoms with E-state index >= 15 is 0 Å². The number of hydrogen-bond donors (Lipinski definition) is 6. The van der Waals surface area contributed by atoms with Crippen molar-refractivity contribution in [1.82, 2.24) is 26.6 Å². The van der Waals surface area contributed by atoms with E-state index in [-0.39, 0.29) is 17.0 Å². The number of hydrogen-bond acceptors (Lipinski definition) is 6. The summed E-state index contributed by atoms with van der Waals surface area (Å²) < 4.78 is 0. The Hall–Kier alpha value is -0.730. The summed E-state index contributed by atoms with van der Waals surface area (Å²) in [5.74, 6) is 0.962. The Balaban J connectivity index is 1.98. The van der Waals surface area contributed by atoms with Gasteiger partial charge in [-0.3, -0.25) is 4.79 Å². The number of fused-ring (bicyclic) bond motifs is 15. The lowest BCUT2D eigenvalue weighted by Crippen LogP contribution is -2.62. The fraction of sp³-hybridized carbons (Fsp3) is 0.960. The lowest BCUT2D eigenvalue weighted by molar-refractivity contribution is -0.123. The van der Waals surface area contributed by atoms with Crippen LogP contribution in [0.1, 0.15) is 84.5 Å². The molecule has 1 amide bonds. The molecule has 32 heavy (non-hydrogen) atoms. The Bertz CT molecular complexity index is 469. The fourth-order valence-corrected chi connectivity index (χ4v) is 4.98. The molecule has 3 heterocycles. The minimum absolute atomic E-state index is 0.179. The lowest BCUT2D eigenvalue weighted by Gasteiger charge is -2.37. The van der Waals surface area contributed by atoms with Crippen LogP contribution < -0.4 is 32.3 Å². The molecule has 7 nitrogen and oxygen atoms in total. The zero-order valence-electron chi connectivity index (χ0n) is 21.0. The topological polar surface area (TPSA) is 103 Å². The second-order valence-electron chi connectivity index (χ2n) is 10.8. The van der Waals surface area contributed by atoms with Crippen molar-refractivity contribution in [1.29, 1.82) is 0 Å². The molecular weight excluding hydrogens is 400 g/mol. The highest BCUT2D eigenvalue weighted by molar-refractivity contribution is 5.76. The van der Waals surface area contributed by atoms with Crippen LogP contribution in [0.25, 0.3) is 0 Å². The van der Waals surface area contributed by atoms with Crippen LogP contribution in [0.2, 0.25) is 0 Å². The van der Waals surface area contributed by atoms with Crippen molar-refractivity contribution >= 4 is 5.91 Å². The molecule has 2 bridgehead atoms. The highest BCUT2D eigenvalue weighted by Crippen LogP contribution is 2.19. The first-order valence-electron chi connectivity index (χ1n) is 13.4. The van der Waals surface area contributed by atoms with E-state index in [9.17, 15) is 4.79 Å². The van der Waals surface area contributed by atoms with Crippen LogP contribution in [0.4, 0.5) is 0 Å². The summed E-state index contributed by atoms with van der Waals surface area (Å²) in [6.45, 7) is 11.4. The number of nitrogens with two attached hydrogens (primary N) is 1. The first kappa shape index (κ1) is 27.5. The summed E-state index contributed by atoms with van der Waals surface area (Å²) in [7, 11) is 0. The molecule has 3 rings (SSSR count). The molecule has 0 spiro atoms. The molecule has 0 aliphatic carbocycles. The van der Waals surface area contributed by atoms with Gasteiger partial charge >= 0.3 is 0 Å². The van der Waals surface area contributed by atoms with Crippen LogP contribution in [-0.4, -0.2) is 69.3 Å². The molecule has 0 aromatic rings. The van der Waals surface area contributed by atoms with Gasteiger partial charge in [-0.15, -0.1) is 0 Å². The average molecular weight is 453 g/mol. The molecule has 188 valence electrons. The van der Waals surface area contributed by atoms with E-state index in [0.717, 1.165) is 90.4 Å². The molecule has 0 aromatic heterocycles. The van der Waals surface area contributed by atoms with E-state index in [1.54, 1.807) is 0 Å². The van der Waals surface area contributed by atoms with E-state index in [0.29, 0.717) is 6.42 Å². The number of unbranched alkanes of at least 4 members (excludes halogenated alkanes) is 2. The molecular formula is C25H52N6O. The third-order valence-corrected chi connectivity index (χ3v) is 7.01. The van der Waals surface area contributed by atoms with Gasteiger partial charge in [-0.05, 0) is 25.2 Å². The molecule has 3 aliphatic heterocycles. The minimum atomic E-state index is -0.221. The first-order chi connectivity index (χ1) is 15.4. The van der Waals surface area contributed by atoms with E-state index in [4.69, 9.17) is 5.73 Å². The minimum Gasteiger partial charge on any atom is -0.348 e. The summed E-state index contributed by atoms with van der Waals surface area (Å²) in [5.41, 5.74) is 6.34. The van der Waals surface area contributed by atoms with Crippen LogP contribution >= 0.6 is 0 Å². The molecule has 3 saturated heterocycles. The maximum atomic E-state index is 12.9. The molecule has 0 unspecified atom stereocenters. The van der Waals surface area contributed by atoms with Crippen molar-refractivity contribution < 1.29 is 4.79 Å². The van der Waals surface area contributed by atoms with Gasteiger partial charge in [-0.1, -0.05) is 58.8 Å². The molecule has 7 heteroatoms. The average Bonchev–Trinajstić information content (AvgIpc) is 2.74. The Labute approximate surface area is 197 Å². The van der Waals surface area contributed by atoms with Gasteiger partial charge in [-0.25, -0.2) is 0 Å². The summed E-state index contributed by atoms with van der Waals surface area (Å²) in [5, 5.41) is 17.8. The Morgan fingerprint density at radius 1 is 0.812 bits per heavy atom. The summed E-state index contributed by atoms with van der Waals surface area (Å²) in [6, 6.07) is 0. The van der Waals surface area contributed by atoms with Gasteiger partial charge in [0.25, 0.3) is 0 Å². The van der Waals surface area contributed by atoms with Gasteiger partial charge in [0.05, 0.1) is 5.54 Å². The van der Waals surface area contributed by atoms with Crippen molar-refractivity contribution in [2.45, 2.75) is 95.6 Å². The molecule has 0 atom stereocenters. The largest absolute Gasteiger partial charge is 0.348 e. The molecule has 0 aromatic carbocycles. The second-order valence-corrected chi connectivity index (χ2v) is 10.8. The predicted octanol–water partition coefficient (Wildman–Crippen LogP) is 1.87. The Morgan fingerprint density at radius 3 is 1.97 bits per heavy atom. The van der Waals surface area contributed by atoms with Crippen molar-refractivity contribution in [3.05, 3.63) is 0 Å². The molecule has 0 radical (unpaired) electrons. The fourth-order valence-electron chi connectivity index (χ4n) is 4.98. The van der Waals surface area contributed by atoms with E-state index in [2.05, 4.69) is 40.4 Å². The molecule has 7 N–H and O–H groups in total. The van der Waals surface area contributed by atoms with Gasteiger partial charge in [0.2, 0.25) is 5.91 Å². The van der Waals surface area contributed by atoms with Gasteiger partial charge in [0.15, 0.2) is 0 Å². The van der Waals surface area contributed by atoms with Gasteiger partial charge < -0.3 is 32.3 Å². The predicted molar refractivity (Wildman–Crippen MR) is 135 cm³/mol. The first-order valence-corrected chi connectivity index (χ1v) is 13.4. The Morgan fingerprint density at radius 2 is 1.38 bits per heavy atom. The highest BCUT2D eigenvalue weighted by atomic mass is 16.1. The van der Waals surface area contributed by atoms with Crippen LogP contribution in [0.3, 0.4) is 0 Å². The van der Waals surface area contributed by atoms with Crippen LogP contribution in [0.5, 0.6) is 0 Å². The molecule has 3 fully saturated rings. The van der Waals surface area contributed by atoms with E-state index in [1.165, 1.54) is 32.1 Å². The normalized spacial score (nSPS) is 29.4. The second kappa shape index (κ2) is 15.2. The number of amides is 1. The maximum absolute atomic E-state index is 12.9. The monoisotopic (exact) mass is 452 g/mol. The number of nitrogens with one attached hydrogen (secondary N) is 5. The quantitative estimate of drug-likeness (QED) is 0.330. The zero-order chi connectivity index (χ0) is 23.1. The summed E-state index contributed by atoms with van der Waals surface area (Å²) in [4.78, 5) is 12.9. The van der Waals surface area contributed by atoms with E-state index < -0.39 is 0 Å². The van der Waals surface area contributed by atoms with Gasteiger partial charge in [0.1, 0.15) is 0 Å². The number of carbonyl (C=O) groups is 1. The Kier molecular flexibility index (Phi) is 13.1. The van der Waals surface area contributed by atoms with Crippen LogP contribution in [-0.2, 0) is 4.79 Å². The molecule has 3 aliphatic rings. The third kappa shape index (κ3) is 11.4. The SMILES string of the molecule is CC(C)CCCCCC(=O)NC12CCCCCCC(N)(CNCCNC1)CNCCNC2. The van der Waals surface area contributed by atoms with Crippen LogP contribution in [0, 0.1) is 5.92 Å². The van der Waals surface area contributed by atoms with Crippen molar-refractivity contribution in [3.8, 4) is 0 Å². The maximum Gasteiger partial charge on any atom is 0.220 e. The summed E-state index contributed by atoms with van der Waals surface area (Å²) in [6.07, 6.45) is 12.0. The smallest absolute Gasteiger partial charge is 0.220 e. The zero-order valence-corrected chi connectivity index (χ0v) is 21.0. The van der Waals surface area contributed by atoms with Gasteiger partial charge in [0, 0.05) is 64.3 Å². The number of carbonyl (C=O) groups excluding carboxylic acids is 1. The van der Waals surface area contributed by atoms with Crippen molar-refractivity contribution in [2.24, 2.45) is 11.7 Å². The van der Waals surface area contributed by atoms with Crippen molar-refractivity contribution in [3.63, 3.8) is 0 Å².